The Balaban J connectivity index is 1.62. The van der Waals surface area contributed by atoms with Crippen molar-refractivity contribution in [3.05, 3.63) is 64.2 Å². The molecule has 1 fully saturated rings. The molecule has 10 heteroatoms. The van der Waals surface area contributed by atoms with Crippen LogP contribution in [0.15, 0.2) is 52.3 Å². The molecular weight excluding hydrogens is 497 g/mol. The largest absolute Gasteiger partial charge is 0.462 e. The van der Waals surface area contributed by atoms with Gasteiger partial charge >= 0.3 is 5.97 Å². The van der Waals surface area contributed by atoms with E-state index >= 15 is 4.39 Å². The van der Waals surface area contributed by atoms with E-state index in [9.17, 15) is 18.0 Å². The van der Waals surface area contributed by atoms with Crippen molar-refractivity contribution in [1.29, 1.82) is 0 Å². The van der Waals surface area contributed by atoms with Gasteiger partial charge in [0.2, 0.25) is 15.5 Å². The van der Waals surface area contributed by atoms with Crippen molar-refractivity contribution in [2.24, 2.45) is 5.73 Å². The van der Waals surface area contributed by atoms with E-state index in [1.807, 2.05) is 4.57 Å². The number of unbranched alkanes of at least 4 members (excludes halogenated alkanes) is 3. The SMILES string of the molecule is CCOC(=O)c1cn(C2CC2)c2cc(-c3ccc(S(=O)(=O)NCCCCCCN)cc3)c(F)cc2c1=O. The van der Waals surface area contributed by atoms with Crippen LogP contribution in [-0.2, 0) is 14.8 Å². The monoisotopic (exact) mass is 529 g/mol. The summed E-state index contributed by atoms with van der Waals surface area (Å²) < 4.78 is 49.9. The second kappa shape index (κ2) is 11.5. The molecule has 3 aromatic rings. The second-order valence-corrected chi connectivity index (χ2v) is 11.0. The molecule has 0 radical (unpaired) electrons. The number of fused-ring (bicyclic) bond motifs is 1. The molecule has 0 spiro atoms. The minimum Gasteiger partial charge on any atom is -0.462 e. The van der Waals surface area contributed by atoms with E-state index in [-0.39, 0.29) is 34.1 Å². The molecule has 0 atom stereocenters. The van der Waals surface area contributed by atoms with Crippen molar-refractivity contribution in [3.8, 4) is 11.1 Å². The normalized spacial score (nSPS) is 13.7. The molecule has 1 aromatic heterocycles. The molecule has 8 nitrogen and oxygen atoms in total. The van der Waals surface area contributed by atoms with Crippen LogP contribution in [-0.4, -0.2) is 38.7 Å². The van der Waals surface area contributed by atoms with E-state index in [4.69, 9.17) is 10.5 Å². The van der Waals surface area contributed by atoms with E-state index in [2.05, 4.69) is 4.72 Å². The van der Waals surface area contributed by atoms with Crippen LogP contribution in [0.25, 0.3) is 22.0 Å². The summed E-state index contributed by atoms with van der Waals surface area (Å²) in [4.78, 5) is 25.4. The lowest BCUT2D eigenvalue weighted by Crippen LogP contribution is -2.24. The Hall–Kier alpha value is -3.08. The summed E-state index contributed by atoms with van der Waals surface area (Å²) in [6.45, 7) is 2.74. The molecule has 0 aliphatic heterocycles. The summed E-state index contributed by atoms with van der Waals surface area (Å²) in [5.74, 6) is -1.37. The minimum absolute atomic E-state index is 0.0911. The fourth-order valence-corrected chi connectivity index (χ4v) is 5.40. The van der Waals surface area contributed by atoms with Gasteiger partial charge in [0.15, 0.2) is 0 Å². The number of pyridine rings is 1. The molecule has 37 heavy (non-hydrogen) atoms. The lowest BCUT2D eigenvalue weighted by molar-refractivity contribution is 0.0524. The number of hydrogen-bond donors (Lipinski definition) is 2. The maximum atomic E-state index is 15.2. The van der Waals surface area contributed by atoms with E-state index in [1.165, 1.54) is 18.3 Å². The van der Waals surface area contributed by atoms with Crippen molar-refractivity contribution in [2.45, 2.75) is 56.4 Å². The second-order valence-electron chi connectivity index (χ2n) is 9.21. The molecule has 3 N–H and O–H groups in total. The van der Waals surface area contributed by atoms with Gasteiger partial charge < -0.3 is 15.0 Å². The van der Waals surface area contributed by atoms with Crippen molar-refractivity contribution in [2.75, 3.05) is 19.7 Å². The van der Waals surface area contributed by atoms with Gasteiger partial charge in [-0.25, -0.2) is 22.3 Å². The highest BCUT2D eigenvalue weighted by Crippen LogP contribution is 2.38. The summed E-state index contributed by atoms with van der Waals surface area (Å²) >= 11 is 0. The van der Waals surface area contributed by atoms with Gasteiger partial charge in [-0.2, -0.15) is 0 Å². The third-order valence-electron chi connectivity index (χ3n) is 6.46. The highest BCUT2D eigenvalue weighted by Gasteiger charge is 2.28. The molecule has 0 unspecified atom stereocenters. The number of benzene rings is 2. The van der Waals surface area contributed by atoms with Crippen LogP contribution in [0.3, 0.4) is 0 Å². The number of ether oxygens (including phenoxy) is 1. The average Bonchev–Trinajstić information content (AvgIpc) is 3.72. The highest BCUT2D eigenvalue weighted by molar-refractivity contribution is 7.89. The first-order chi connectivity index (χ1) is 17.8. The Bertz CT molecular complexity index is 1450. The van der Waals surface area contributed by atoms with Gasteiger partial charge in [-0.3, -0.25) is 4.79 Å². The summed E-state index contributed by atoms with van der Waals surface area (Å²) in [5.41, 5.74) is 6.01. The highest BCUT2D eigenvalue weighted by atomic mass is 32.2. The van der Waals surface area contributed by atoms with Gasteiger partial charge in [-0.1, -0.05) is 25.0 Å². The van der Waals surface area contributed by atoms with Gasteiger partial charge in [0.05, 0.1) is 17.0 Å². The Labute approximate surface area is 215 Å². The summed E-state index contributed by atoms with van der Waals surface area (Å²) in [5, 5.41) is 0.105. The fourth-order valence-electron chi connectivity index (χ4n) is 4.33. The molecule has 0 amide bonds. The first-order valence-electron chi connectivity index (χ1n) is 12.6. The number of nitrogens with two attached hydrogens (primary N) is 1. The average molecular weight is 530 g/mol. The van der Waals surface area contributed by atoms with Crippen LogP contribution in [0.1, 0.15) is 61.8 Å². The molecule has 0 saturated heterocycles. The number of halogens is 1. The lowest BCUT2D eigenvalue weighted by Gasteiger charge is -2.15. The topological polar surface area (TPSA) is 120 Å². The van der Waals surface area contributed by atoms with Crippen LogP contribution in [0.4, 0.5) is 4.39 Å². The summed E-state index contributed by atoms with van der Waals surface area (Å²) in [7, 11) is -3.69. The molecule has 1 aliphatic rings. The van der Waals surface area contributed by atoms with Crippen LogP contribution >= 0.6 is 0 Å². The van der Waals surface area contributed by atoms with Gasteiger partial charge in [-0.15, -0.1) is 0 Å². The number of rotatable bonds is 12. The molecule has 1 saturated carbocycles. The predicted octanol–water partition coefficient (Wildman–Crippen LogP) is 4.12. The zero-order valence-corrected chi connectivity index (χ0v) is 21.7. The van der Waals surface area contributed by atoms with Crippen molar-refractivity contribution >= 4 is 26.9 Å². The van der Waals surface area contributed by atoms with E-state index in [1.54, 1.807) is 25.1 Å². The van der Waals surface area contributed by atoms with Crippen LogP contribution < -0.4 is 15.9 Å². The molecule has 2 aromatic carbocycles. The third kappa shape index (κ3) is 6.08. The third-order valence-corrected chi connectivity index (χ3v) is 7.93. The zero-order valence-electron chi connectivity index (χ0n) is 20.8. The van der Waals surface area contributed by atoms with Crippen molar-refractivity contribution in [3.63, 3.8) is 0 Å². The lowest BCUT2D eigenvalue weighted by atomic mass is 10.0. The van der Waals surface area contributed by atoms with Crippen molar-refractivity contribution < 1.29 is 22.3 Å². The van der Waals surface area contributed by atoms with Gasteiger partial charge in [0, 0.05) is 29.7 Å². The maximum Gasteiger partial charge on any atom is 0.343 e. The fraction of sp³-hybridized carbons (Fsp3) is 0.407. The Kier molecular flexibility index (Phi) is 8.41. The first-order valence-corrected chi connectivity index (χ1v) is 14.1. The number of nitrogens with zero attached hydrogens (tertiary/aromatic N) is 1. The maximum absolute atomic E-state index is 15.2. The molecule has 4 rings (SSSR count). The molecule has 0 bridgehead atoms. The van der Waals surface area contributed by atoms with Crippen LogP contribution in [0.5, 0.6) is 0 Å². The molecular formula is C27H32FN3O5S. The number of esters is 1. The van der Waals surface area contributed by atoms with E-state index in [0.717, 1.165) is 44.6 Å². The van der Waals surface area contributed by atoms with Gasteiger partial charge in [0.1, 0.15) is 11.4 Å². The minimum atomic E-state index is -3.69. The zero-order chi connectivity index (χ0) is 26.6. The molecule has 1 heterocycles. The number of carbonyl (C=O) groups excluding carboxylic acids is 1. The quantitative estimate of drug-likeness (QED) is 0.269. The molecule has 198 valence electrons. The number of nitrogens with one attached hydrogen (secondary N) is 1. The number of aromatic nitrogens is 1. The number of sulfonamides is 1. The number of carbonyl (C=O) groups is 1. The van der Waals surface area contributed by atoms with Crippen LogP contribution in [0.2, 0.25) is 0 Å². The standard InChI is InChI=1S/C27H32FN3O5S/c1-2-36-27(33)23-17-31(19-9-10-19)25-16-21(24(28)15-22(25)26(23)32)18-7-11-20(12-8-18)37(34,35)30-14-6-4-3-5-13-29/h7-8,11-12,15-17,19,30H,2-6,9-10,13-14,29H2,1H3. The molecule has 1 aliphatic carbocycles. The summed E-state index contributed by atoms with van der Waals surface area (Å²) in [6.07, 6.45) is 6.78. The Morgan fingerprint density at radius 1 is 1.14 bits per heavy atom. The van der Waals surface area contributed by atoms with Gasteiger partial charge in [-0.05, 0) is 69.0 Å². The number of hydrogen-bond acceptors (Lipinski definition) is 6. The predicted molar refractivity (Wildman–Crippen MR) is 141 cm³/mol. The Morgan fingerprint density at radius 2 is 1.84 bits per heavy atom. The van der Waals surface area contributed by atoms with E-state index < -0.39 is 27.2 Å². The van der Waals surface area contributed by atoms with Crippen LogP contribution in [0, 0.1) is 5.82 Å². The Morgan fingerprint density at radius 3 is 2.49 bits per heavy atom. The summed E-state index contributed by atoms with van der Waals surface area (Å²) in [6, 6.07) is 8.82. The first kappa shape index (κ1) is 27.0. The van der Waals surface area contributed by atoms with Crippen molar-refractivity contribution in [1.82, 2.24) is 9.29 Å². The van der Waals surface area contributed by atoms with E-state index in [0.29, 0.717) is 24.2 Å². The smallest absolute Gasteiger partial charge is 0.343 e. The van der Waals surface area contributed by atoms with Gasteiger partial charge in [0.25, 0.3) is 0 Å².